The molecule has 0 bridgehead atoms. The fraction of sp³-hybridized carbons (Fsp3) is 0.308. The normalized spacial score (nSPS) is 13.3. The number of nitrogens with zero attached hydrogens (tertiary/aromatic N) is 1. The van der Waals surface area contributed by atoms with Crippen molar-refractivity contribution in [3.63, 3.8) is 0 Å². The van der Waals surface area contributed by atoms with Crippen LogP contribution in [0.25, 0.3) is 0 Å². The number of benzene rings is 1. The number of nitrogens with one attached hydrogen (secondary N) is 2. The van der Waals surface area contributed by atoms with E-state index >= 15 is 0 Å². The molecule has 1 aromatic carbocycles. The summed E-state index contributed by atoms with van der Waals surface area (Å²) in [6.07, 6.45) is 3.77. The molecule has 0 spiro atoms. The van der Waals surface area contributed by atoms with Gasteiger partial charge in [-0.3, -0.25) is 0 Å². The van der Waals surface area contributed by atoms with E-state index in [2.05, 4.69) is 14.7 Å². The lowest BCUT2D eigenvalue weighted by Crippen LogP contribution is -2.30. The van der Waals surface area contributed by atoms with Gasteiger partial charge in [0.2, 0.25) is 10.0 Å². The van der Waals surface area contributed by atoms with Gasteiger partial charge in [0.25, 0.3) is 0 Å². The first-order valence-corrected chi connectivity index (χ1v) is 7.75. The zero-order chi connectivity index (χ0) is 13.7. The van der Waals surface area contributed by atoms with E-state index in [0.29, 0.717) is 12.2 Å². The lowest BCUT2D eigenvalue weighted by Gasteiger charge is -2.12. The summed E-state index contributed by atoms with van der Waals surface area (Å²) >= 11 is 0. The number of hydrogen-bond acceptors (Lipinski definition) is 3. The van der Waals surface area contributed by atoms with Crippen LogP contribution >= 0.6 is 0 Å². The molecule has 0 aliphatic rings. The van der Waals surface area contributed by atoms with Gasteiger partial charge in [-0.15, -0.1) is 0 Å². The van der Waals surface area contributed by atoms with Gasteiger partial charge in [-0.25, -0.2) is 18.1 Å². The van der Waals surface area contributed by atoms with Crippen molar-refractivity contribution in [3.05, 3.63) is 54.1 Å². The van der Waals surface area contributed by atoms with E-state index in [0.717, 1.165) is 5.56 Å². The summed E-state index contributed by atoms with van der Waals surface area (Å²) in [4.78, 5) is 6.93. The maximum Gasteiger partial charge on any atom is 0.212 e. The van der Waals surface area contributed by atoms with Crippen molar-refractivity contribution in [1.82, 2.24) is 14.7 Å². The average Bonchev–Trinajstić information content (AvgIpc) is 2.91. The van der Waals surface area contributed by atoms with E-state index in [-0.39, 0.29) is 11.8 Å². The molecule has 5 nitrogen and oxygen atoms in total. The Hall–Kier alpha value is -1.66. The van der Waals surface area contributed by atoms with E-state index in [4.69, 9.17) is 0 Å². The van der Waals surface area contributed by atoms with Crippen LogP contribution in [0, 0.1) is 0 Å². The Morgan fingerprint density at radius 2 is 2.05 bits per heavy atom. The molecule has 0 aliphatic carbocycles. The van der Waals surface area contributed by atoms with Crippen LogP contribution in [0.3, 0.4) is 0 Å². The minimum Gasteiger partial charge on any atom is -0.347 e. The zero-order valence-electron chi connectivity index (χ0n) is 10.7. The van der Waals surface area contributed by atoms with Gasteiger partial charge in [0, 0.05) is 12.4 Å². The Balaban J connectivity index is 1.92. The molecule has 19 heavy (non-hydrogen) atoms. The van der Waals surface area contributed by atoms with Crippen molar-refractivity contribution in [1.29, 1.82) is 0 Å². The fourth-order valence-corrected chi connectivity index (χ4v) is 3.07. The number of aromatic amines is 1. The molecule has 0 saturated carbocycles. The number of rotatable bonds is 6. The molecule has 102 valence electrons. The monoisotopic (exact) mass is 279 g/mol. The molecule has 1 unspecified atom stereocenters. The number of aryl methyl sites for hydroxylation is 1. The van der Waals surface area contributed by atoms with Crippen molar-refractivity contribution in [2.24, 2.45) is 0 Å². The van der Waals surface area contributed by atoms with Crippen LogP contribution in [0.15, 0.2) is 42.7 Å². The second kappa shape index (κ2) is 5.99. The molecule has 2 N–H and O–H groups in total. The molecule has 0 amide bonds. The number of sulfonamides is 1. The van der Waals surface area contributed by atoms with E-state index in [1.807, 2.05) is 30.3 Å². The van der Waals surface area contributed by atoms with Gasteiger partial charge in [-0.1, -0.05) is 30.3 Å². The molecule has 0 saturated heterocycles. The summed E-state index contributed by atoms with van der Waals surface area (Å²) in [5, 5.41) is 0. The third-order valence-corrected chi connectivity index (χ3v) is 4.24. The summed E-state index contributed by atoms with van der Waals surface area (Å²) in [6, 6.07) is 9.21. The highest BCUT2D eigenvalue weighted by Gasteiger charge is 2.17. The van der Waals surface area contributed by atoms with Gasteiger partial charge in [0.1, 0.15) is 5.82 Å². The predicted octanol–water partition coefficient (Wildman–Crippen LogP) is 1.63. The highest BCUT2D eigenvalue weighted by Crippen LogP contribution is 2.08. The number of hydrogen-bond donors (Lipinski definition) is 2. The van der Waals surface area contributed by atoms with E-state index in [1.54, 1.807) is 19.3 Å². The maximum atomic E-state index is 12.0. The standard InChI is InChI=1S/C13H17N3O2S/c1-11(13-14-8-9-15-13)16-19(17,18)10-7-12-5-3-2-4-6-12/h2-6,8-9,11,16H,7,10H2,1H3,(H,14,15). The first kappa shape index (κ1) is 13.8. The summed E-state index contributed by atoms with van der Waals surface area (Å²) in [5.74, 6) is 0.686. The topological polar surface area (TPSA) is 74.8 Å². The average molecular weight is 279 g/mol. The minimum absolute atomic E-state index is 0.0715. The largest absolute Gasteiger partial charge is 0.347 e. The summed E-state index contributed by atoms with van der Waals surface area (Å²) < 4.78 is 26.5. The molecule has 1 aromatic heterocycles. The van der Waals surface area contributed by atoms with Crippen molar-refractivity contribution in [3.8, 4) is 0 Å². The van der Waals surface area contributed by atoms with E-state index < -0.39 is 10.0 Å². The van der Waals surface area contributed by atoms with Crippen LogP contribution in [0.4, 0.5) is 0 Å². The minimum atomic E-state index is -3.32. The highest BCUT2D eigenvalue weighted by molar-refractivity contribution is 7.89. The molecular weight excluding hydrogens is 262 g/mol. The molecule has 6 heteroatoms. The van der Waals surface area contributed by atoms with Crippen LogP contribution < -0.4 is 4.72 Å². The molecule has 1 heterocycles. The molecule has 0 aliphatic heterocycles. The van der Waals surface area contributed by atoms with Crippen LogP contribution in [0.2, 0.25) is 0 Å². The second-order valence-electron chi connectivity index (χ2n) is 4.37. The molecule has 1 atom stereocenters. The molecule has 0 radical (unpaired) electrons. The van der Waals surface area contributed by atoms with Gasteiger partial charge in [-0.05, 0) is 18.9 Å². The molecule has 2 aromatic rings. The van der Waals surface area contributed by atoms with Crippen LogP contribution in [0.1, 0.15) is 24.4 Å². The van der Waals surface area contributed by atoms with Gasteiger partial charge in [-0.2, -0.15) is 0 Å². The summed E-state index contributed by atoms with van der Waals surface area (Å²) in [5.41, 5.74) is 1.01. The van der Waals surface area contributed by atoms with Gasteiger partial charge < -0.3 is 4.98 Å². The quantitative estimate of drug-likeness (QED) is 0.844. The molecule has 0 fully saturated rings. The van der Waals surface area contributed by atoms with Crippen molar-refractivity contribution in [2.75, 3.05) is 5.75 Å². The molecule has 2 rings (SSSR count). The SMILES string of the molecule is CC(NS(=O)(=O)CCc1ccccc1)c1ncc[nH]1. The predicted molar refractivity (Wildman–Crippen MR) is 74.1 cm³/mol. The summed E-state index contributed by atoms with van der Waals surface area (Å²) in [7, 11) is -3.32. The van der Waals surface area contributed by atoms with Crippen LogP contribution in [-0.2, 0) is 16.4 Å². The Bertz CT molecular complexity index is 594. The molecular formula is C13H17N3O2S. The fourth-order valence-electron chi connectivity index (χ4n) is 1.80. The Labute approximate surface area is 113 Å². The third kappa shape index (κ3) is 4.18. The number of aromatic nitrogens is 2. The number of H-pyrrole nitrogens is 1. The van der Waals surface area contributed by atoms with Gasteiger partial charge in [0.15, 0.2) is 0 Å². The maximum absolute atomic E-state index is 12.0. The highest BCUT2D eigenvalue weighted by atomic mass is 32.2. The van der Waals surface area contributed by atoms with Crippen LogP contribution in [0.5, 0.6) is 0 Å². The van der Waals surface area contributed by atoms with Crippen LogP contribution in [-0.4, -0.2) is 24.1 Å². The Morgan fingerprint density at radius 1 is 1.32 bits per heavy atom. The van der Waals surface area contributed by atoms with Gasteiger partial charge in [0.05, 0.1) is 11.8 Å². The van der Waals surface area contributed by atoms with E-state index in [9.17, 15) is 8.42 Å². The lowest BCUT2D eigenvalue weighted by molar-refractivity contribution is 0.560. The Morgan fingerprint density at radius 3 is 2.68 bits per heavy atom. The first-order chi connectivity index (χ1) is 9.07. The summed E-state index contributed by atoms with van der Waals surface area (Å²) in [6.45, 7) is 1.76. The number of imidazole rings is 1. The van der Waals surface area contributed by atoms with E-state index in [1.165, 1.54) is 0 Å². The second-order valence-corrected chi connectivity index (χ2v) is 6.24. The zero-order valence-corrected chi connectivity index (χ0v) is 11.5. The lowest BCUT2D eigenvalue weighted by atomic mass is 10.2. The van der Waals surface area contributed by atoms with Crippen molar-refractivity contribution >= 4 is 10.0 Å². The third-order valence-electron chi connectivity index (χ3n) is 2.79. The van der Waals surface area contributed by atoms with Gasteiger partial charge >= 0.3 is 0 Å². The smallest absolute Gasteiger partial charge is 0.212 e. The first-order valence-electron chi connectivity index (χ1n) is 6.10. The van der Waals surface area contributed by atoms with Crippen molar-refractivity contribution in [2.45, 2.75) is 19.4 Å². The van der Waals surface area contributed by atoms with Crippen molar-refractivity contribution < 1.29 is 8.42 Å². The Kier molecular flexibility index (Phi) is 4.34.